The molecule has 0 aliphatic heterocycles. The molecule has 1 N–H and O–H groups in total. The fourth-order valence-corrected chi connectivity index (χ4v) is 3.02. The van der Waals surface area contributed by atoms with Gasteiger partial charge in [-0.2, -0.15) is 0 Å². The first-order chi connectivity index (χ1) is 7.25. The minimum absolute atomic E-state index is 0.421. The third-order valence-corrected chi connectivity index (χ3v) is 4.29. The number of nitrogens with one attached hydrogen (secondary N) is 1. The lowest BCUT2D eigenvalue weighted by molar-refractivity contribution is 0.452. The van der Waals surface area contributed by atoms with Crippen LogP contribution in [0.1, 0.15) is 48.5 Å². The lowest BCUT2D eigenvalue weighted by Crippen LogP contribution is -2.24. The van der Waals surface area contributed by atoms with Gasteiger partial charge >= 0.3 is 0 Å². The zero-order valence-corrected chi connectivity index (χ0v) is 10.4. The molecule has 2 nitrogen and oxygen atoms in total. The summed E-state index contributed by atoms with van der Waals surface area (Å²) in [5.74, 6) is 0.911. The minimum Gasteiger partial charge on any atom is -0.308 e. The number of hydrogen-bond donors (Lipinski definition) is 1. The van der Waals surface area contributed by atoms with Gasteiger partial charge in [0.05, 0.1) is 6.04 Å². The first kappa shape index (κ1) is 11.1. The predicted molar refractivity (Wildman–Crippen MR) is 65.2 cm³/mol. The van der Waals surface area contributed by atoms with Gasteiger partial charge in [0.15, 0.2) is 0 Å². The molecular formula is C12H20N2S. The van der Waals surface area contributed by atoms with Crippen molar-refractivity contribution in [3.05, 3.63) is 16.1 Å². The van der Waals surface area contributed by atoms with Crippen LogP contribution in [-0.2, 0) is 0 Å². The molecule has 1 atom stereocenters. The summed E-state index contributed by atoms with van der Waals surface area (Å²) in [6.45, 7) is 5.50. The molecule has 0 radical (unpaired) electrons. The molecule has 0 saturated heterocycles. The molecule has 0 bridgehead atoms. The van der Waals surface area contributed by atoms with Gasteiger partial charge in [0.1, 0.15) is 5.01 Å². The van der Waals surface area contributed by atoms with E-state index in [9.17, 15) is 0 Å². The normalized spacial score (nSPS) is 19.6. The molecule has 1 saturated carbocycles. The van der Waals surface area contributed by atoms with Gasteiger partial charge in [-0.1, -0.05) is 12.8 Å². The maximum absolute atomic E-state index is 4.42. The molecule has 2 rings (SSSR count). The summed E-state index contributed by atoms with van der Waals surface area (Å²) in [5, 5.41) is 4.83. The summed E-state index contributed by atoms with van der Waals surface area (Å²) >= 11 is 1.80. The van der Waals surface area contributed by atoms with Crippen molar-refractivity contribution in [1.29, 1.82) is 0 Å². The minimum atomic E-state index is 0.421. The van der Waals surface area contributed by atoms with Crippen LogP contribution in [0, 0.1) is 12.8 Å². The monoisotopic (exact) mass is 224 g/mol. The van der Waals surface area contributed by atoms with E-state index in [0.717, 1.165) is 5.92 Å². The van der Waals surface area contributed by atoms with Crippen molar-refractivity contribution in [2.24, 2.45) is 5.92 Å². The molecule has 1 aromatic rings. The van der Waals surface area contributed by atoms with Crippen molar-refractivity contribution in [3.8, 4) is 0 Å². The molecule has 3 heteroatoms. The fourth-order valence-electron chi connectivity index (χ4n) is 2.22. The van der Waals surface area contributed by atoms with E-state index in [2.05, 4.69) is 24.1 Å². The van der Waals surface area contributed by atoms with Gasteiger partial charge in [0, 0.05) is 11.1 Å². The lowest BCUT2D eigenvalue weighted by atomic mass is 10.1. The van der Waals surface area contributed by atoms with Crippen molar-refractivity contribution < 1.29 is 0 Å². The maximum Gasteiger partial charge on any atom is 0.109 e. The second kappa shape index (κ2) is 5.08. The van der Waals surface area contributed by atoms with E-state index in [1.54, 1.807) is 11.3 Å². The van der Waals surface area contributed by atoms with E-state index in [0.29, 0.717) is 6.04 Å². The zero-order valence-electron chi connectivity index (χ0n) is 9.62. The molecule has 0 spiro atoms. The second-order valence-electron chi connectivity index (χ2n) is 4.59. The van der Waals surface area contributed by atoms with E-state index in [1.807, 2.05) is 6.20 Å². The highest BCUT2D eigenvalue weighted by Gasteiger charge is 2.16. The molecule has 1 fully saturated rings. The van der Waals surface area contributed by atoms with Crippen LogP contribution in [0.2, 0.25) is 0 Å². The molecule has 1 aromatic heterocycles. The van der Waals surface area contributed by atoms with Crippen LogP contribution in [0.25, 0.3) is 0 Å². The van der Waals surface area contributed by atoms with E-state index in [-0.39, 0.29) is 0 Å². The number of aryl methyl sites for hydroxylation is 1. The summed E-state index contributed by atoms with van der Waals surface area (Å²) < 4.78 is 0. The molecule has 84 valence electrons. The highest BCUT2D eigenvalue weighted by molar-refractivity contribution is 7.11. The number of hydrogen-bond acceptors (Lipinski definition) is 3. The van der Waals surface area contributed by atoms with Crippen molar-refractivity contribution in [3.63, 3.8) is 0 Å². The Morgan fingerprint density at radius 2 is 2.27 bits per heavy atom. The number of thiazole rings is 1. The maximum atomic E-state index is 4.42. The van der Waals surface area contributed by atoms with Crippen molar-refractivity contribution in [2.45, 2.75) is 45.6 Å². The van der Waals surface area contributed by atoms with Gasteiger partial charge in [0.2, 0.25) is 0 Å². The Hall–Kier alpha value is -0.410. The first-order valence-electron chi connectivity index (χ1n) is 5.91. The van der Waals surface area contributed by atoms with Gasteiger partial charge in [-0.05, 0) is 39.2 Å². The topological polar surface area (TPSA) is 24.9 Å². The second-order valence-corrected chi connectivity index (χ2v) is 5.86. The lowest BCUT2D eigenvalue weighted by Gasteiger charge is -2.14. The first-order valence-corrected chi connectivity index (χ1v) is 6.73. The third-order valence-electron chi connectivity index (χ3n) is 3.20. The van der Waals surface area contributed by atoms with E-state index >= 15 is 0 Å². The van der Waals surface area contributed by atoms with Gasteiger partial charge in [-0.3, -0.25) is 0 Å². The van der Waals surface area contributed by atoms with Crippen LogP contribution in [0.15, 0.2) is 6.20 Å². The van der Waals surface area contributed by atoms with Crippen LogP contribution in [-0.4, -0.2) is 11.5 Å². The van der Waals surface area contributed by atoms with Crippen molar-refractivity contribution in [1.82, 2.24) is 10.3 Å². The molecule has 1 unspecified atom stereocenters. The number of nitrogens with zero attached hydrogens (tertiary/aromatic N) is 1. The Labute approximate surface area is 96.1 Å². The highest BCUT2D eigenvalue weighted by Crippen LogP contribution is 2.25. The molecular weight excluding hydrogens is 204 g/mol. The Kier molecular flexibility index (Phi) is 3.76. The Morgan fingerprint density at radius 3 is 2.87 bits per heavy atom. The quantitative estimate of drug-likeness (QED) is 0.849. The average molecular weight is 224 g/mol. The fraction of sp³-hybridized carbons (Fsp3) is 0.750. The average Bonchev–Trinajstić information content (AvgIpc) is 2.84. The summed E-state index contributed by atoms with van der Waals surface area (Å²) in [6, 6.07) is 0.421. The molecule has 1 aliphatic carbocycles. The van der Waals surface area contributed by atoms with Gasteiger partial charge < -0.3 is 5.32 Å². The number of aromatic nitrogens is 1. The van der Waals surface area contributed by atoms with Crippen LogP contribution in [0.4, 0.5) is 0 Å². The van der Waals surface area contributed by atoms with E-state index in [4.69, 9.17) is 0 Å². The SMILES string of the molecule is Cc1cnc(C(C)NCC2CCCC2)s1. The van der Waals surface area contributed by atoms with Gasteiger partial charge in [-0.15, -0.1) is 11.3 Å². The third kappa shape index (κ3) is 3.02. The van der Waals surface area contributed by atoms with Crippen molar-refractivity contribution >= 4 is 11.3 Å². The molecule has 1 aliphatic rings. The molecule has 15 heavy (non-hydrogen) atoms. The standard InChI is InChI=1S/C12H20N2S/c1-9-7-14-12(15-9)10(2)13-8-11-5-3-4-6-11/h7,10-11,13H,3-6,8H2,1-2H3. The summed E-state index contributed by atoms with van der Waals surface area (Å²) in [4.78, 5) is 5.72. The van der Waals surface area contributed by atoms with Crippen molar-refractivity contribution in [2.75, 3.05) is 6.54 Å². The molecule has 0 amide bonds. The summed E-state index contributed by atoms with van der Waals surface area (Å²) in [5.41, 5.74) is 0. The predicted octanol–water partition coefficient (Wildman–Crippen LogP) is 3.29. The van der Waals surface area contributed by atoms with Crippen LogP contribution < -0.4 is 5.32 Å². The summed E-state index contributed by atoms with van der Waals surface area (Å²) in [7, 11) is 0. The van der Waals surface area contributed by atoms with Crippen LogP contribution in [0.3, 0.4) is 0 Å². The van der Waals surface area contributed by atoms with E-state index < -0.39 is 0 Å². The molecule has 1 heterocycles. The zero-order chi connectivity index (χ0) is 10.7. The van der Waals surface area contributed by atoms with Gasteiger partial charge in [-0.25, -0.2) is 4.98 Å². The number of rotatable bonds is 4. The largest absolute Gasteiger partial charge is 0.308 e. The Bertz CT molecular complexity index is 302. The van der Waals surface area contributed by atoms with Crippen LogP contribution in [0.5, 0.6) is 0 Å². The Morgan fingerprint density at radius 1 is 1.53 bits per heavy atom. The summed E-state index contributed by atoms with van der Waals surface area (Å²) in [6.07, 6.45) is 7.65. The van der Waals surface area contributed by atoms with E-state index in [1.165, 1.54) is 42.1 Å². The Balaban J connectivity index is 1.79. The van der Waals surface area contributed by atoms with Gasteiger partial charge in [0.25, 0.3) is 0 Å². The molecule has 0 aromatic carbocycles. The van der Waals surface area contributed by atoms with Crippen LogP contribution >= 0.6 is 11.3 Å². The highest BCUT2D eigenvalue weighted by atomic mass is 32.1. The smallest absolute Gasteiger partial charge is 0.109 e.